The van der Waals surface area contributed by atoms with Crippen LogP contribution in [0.25, 0.3) is 0 Å². The lowest BCUT2D eigenvalue weighted by Crippen LogP contribution is -2.45. The van der Waals surface area contributed by atoms with Crippen molar-refractivity contribution in [3.05, 3.63) is 48.1 Å². The molecule has 1 aromatic heterocycles. The molecule has 1 heterocycles. The van der Waals surface area contributed by atoms with Crippen molar-refractivity contribution in [2.45, 2.75) is 18.2 Å². The van der Waals surface area contributed by atoms with Crippen LogP contribution in [0.2, 0.25) is 0 Å². The van der Waals surface area contributed by atoms with Crippen LogP contribution in [0, 0.1) is 11.6 Å². The molecule has 0 bridgehead atoms. The van der Waals surface area contributed by atoms with Gasteiger partial charge in [-0.1, -0.05) is 6.07 Å². The fourth-order valence-electron chi connectivity index (χ4n) is 1.90. The van der Waals surface area contributed by atoms with Gasteiger partial charge in [0.1, 0.15) is 42.7 Å². The lowest BCUT2D eigenvalue weighted by Gasteiger charge is -2.32. The Morgan fingerprint density at radius 2 is 2.10 bits per heavy atom. The van der Waals surface area contributed by atoms with Crippen molar-refractivity contribution >= 4 is 0 Å². The van der Waals surface area contributed by atoms with E-state index >= 15 is 0 Å². The zero-order chi connectivity index (χ0) is 14.8. The number of alkyl halides is 1. The van der Waals surface area contributed by atoms with Crippen LogP contribution in [-0.2, 0) is 12.1 Å². The van der Waals surface area contributed by atoms with E-state index in [1.807, 2.05) is 0 Å². The second-order valence-electron chi connectivity index (χ2n) is 4.31. The standard InChI is InChI=1S/C12H12F3N3O2/c13-4-11(19)12(20,5-18-7-16-6-17-18)9-2-1-8(14)3-10(9)15/h1-3,6-7,11,19-20H,4-5H2/t11-,12-/m1/s1. The first kappa shape index (κ1) is 14.5. The van der Waals surface area contributed by atoms with Crippen molar-refractivity contribution in [2.75, 3.05) is 6.67 Å². The molecule has 0 saturated carbocycles. The first-order valence-corrected chi connectivity index (χ1v) is 5.71. The highest BCUT2D eigenvalue weighted by atomic mass is 19.1. The molecule has 2 atom stereocenters. The maximum absolute atomic E-state index is 13.8. The Labute approximate surface area is 112 Å². The first-order valence-electron chi connectivity index (χ1n) is 5.71. The van der Waals surface area contributed by atoms with Gasteiger partial charge in [0.2, 0.25) is 0 Å². The summed E-state index contributed by atoms with van der Waals surface area (Å²) in [6.07, 6.45) is 0.493. The van der Waals surface area contributed by atoms with Gasteiger partial charge >= 0.3 is 0 Å². The highest BCUT2D eigenvalue weighted by molar-refractivity contribution is 5.26. The summed E-state index contributed by atoms with van der Waals surface area (Å²) in [7, 11) is 0. The van der Waals surface area contributed by atoms with Gasteiger partial charge in [0, 0.05) is 11.6 Å². The number of aliphatic hydroxyl groups is 2. The monoisotopic (exact) mass is 287 g/mol. The predicted molar refractivity (Wildman–Crippen MR) is 62.3 cm³/mol. The molecule has 20 heavy (non-hydrogen) atoms. The van der Waals surface area contributed by atoms with Gasteiger partial charge in [-0.15, -0.1) is 0 Å². The van der Waals surface area contributed by atoms with Crippen LogP contribution in [0.5, 0.6) is 0 Å². The minimum absolute atomic E-state index is 0.417. The van der Waals surface area contributed by atoms with Gasteiger partial charge in [0.25, 0.3) is 0 Å². The number of hydrogen-bond acceptors (Lipinski definition) is 4. The van der Waals surface area contributed by atoms with Gasteiger partial charge < -0.3 is 10.2 Å². The molecule has 2 rings (SSSR count). The van der Waals surface area contributed by atoms with E-state index in [1.54, 1.807) is 0 Å². The smallest absolute Gasteiger partial charge is 0.140 e. The molecule has 0 aliphatic rings. The van der Waals surface area contributed by atoms with E-state index in [9.17, 15) is 23.4 Å². The second-order valence-corrected chi connectivity index (χ2v) is 4.31. The summed E-state index contributed by atoms with van der Waals surface area (Å²) in [5.41, 5.74) is -2.71. The quantitative estimate of drug-likeness (QED) is 0.852. The Kier molecular flexibility index (Phi) is 4.05. The van der Waals surface area contributed by atoms with Crippen LogP contribution in [-0.4, -0.2) is 37.8 Å². The highest BCUT2D eigenvalue weighted by Gasteiger charge is 2.40. The molecule has 0 saturated heterocycles. The molecule has 0 unspecified atom stereocenters. The van der Waals surface area contributed by atoms with Crippen LogP contribution in [0.4, 0.5) is 13.2 Å². The number of aliphatic hydroxyl groups excluding tert-OH is 1. The van der Waals surface area contributed by atoms with E-state index < -0.39 is 42.1 Å². The lowest BCUT2D eigenvalue weighted by atomic mass is 9.88. The Hall–Kier alpha value is -1.93. The number of nitrogens with zero attached hydrogens (tertiary/aromatic N) is 3. The lowest BCUT2D eigenvalue weighted by molar-refractivity contribution is -0.103. The van der Waals surface area contributed by atoms with E-state index in [-0.39, 0.29) is 0 Å². The Bertz CT molecular complexity index is 579. The number of benzene rings is 1. The van der Waals surface area contributed by atoms with E-state index in [0.29, 0.717) is 6.07 Å². The number of halogens is 3. The summed E-state index contributed by atoms with van der Waals surface area (Å²) in [6.45, 7) is -1.73. The Morgan fingerprint density at radius 3 is 2.65 bits per heavy atom. The maximum Gasteiger partial charge on any atom is 0.140 e. The van der Waals surface area contributed by atoms with Gasteiger partial charge in [0.05, 0.1) is 6.54 Å². The average molecular weight is 287 g/mol. The van der Waals surface area contributed by atoms with Crippen LogP contribution >= 0.6 is 0 Å². The first-order chi connectivity index (χ1) is 9.47. The van der Waals surface area contributed by atoms with Gasteiger partial charge in [0.15, 0.2) is 0 Å². The average Bonchev–Trinajstić information content (AvgIpc) is 2.90. The Balaban J connectivity index is 2.45. The summed E-state index contributed by atoms with van der Waals surface area (Å²) < 4.78 is 40.6. The van der Waals surface area contributed by atoms with Crippen LogP contribution in [0.1, 0.15) is 5.56 Å². The van der Waals surface area contributed by atoms with Crippen molar-refractivity contribution in [2.24, 2.45) is 0 Å². The molecule has 0 fully saturated rings. The third-order valence-corrected chi connectivity index (χ3v) is 2.96. The summed E-state index contributed by atoms with van der Waals surface area (Å²) in [5.74, 6) is -1.93. The largest absolute Gasteiger partial charge is 0.387 e. The van der Waals surface area contributed by atoms with Crippen LogP contribution in [0.15, 0.2) is 30.9 Å². The number of hydrogen-bond donors (Lipinski definition) is 2. The van der Waals surface area contributed by atoms with Gasteiger partial charge in [-0.2, -0.15) is 5.10 Å². The van der Waals surface area contributed by atoms with Crippen LogP contribution in [0.3, 0.4) is 0 Å². The van der Waals surface area contributed by atoms with Gasteiger partial charge in [-0.05, 0) is 6.07 Å². The van der Waals surface area contributed by atoms with E-state index in [2.05, 4.69) is 10.1 Å². The summed E-state index contributed by atoms with van der Waals surface area (Å²) in [6, 6.07) is 2.42. The summed E-state index contributed by atoms with van der Waals surface area (Å²) >= 11 is 0. The van der Waals surface area contributed by atoms with Crippen molar-refractivity contribution in [1.82, 2.24) is 14.8 Å². The number of aromatic nitrogens is 3. The molecule has 0 amide bonds. The molecule has 0 aliphatic carbocycles. The minimum Gasteiger partial charge on any atom is -0.387 e. The minimum atomic E-state index is -2.29. The van der Waals surface area contributed by atoms with E-state index in [1.165, 1.54) is 12.7 Å². The van der Waals surface area contributed by atoms with E-state index in [4.69, 9.17) is 0 Å². The zero-order valence-electron chi connectivity index (χ0n) is 10.2. The number of rotatable bonds is 5. The third-order valence-electron chi connectivity index (χ3n) is 2.96. The van der Waals surface area contributed by atoms with Crippen molar-refractivity contribution in [1.29, 1.82) is 0 Å². The topological polar surface area (TPSA) is 71.2 Å². The van der Waals surface area contributed by atoms with Gasteiger partial charge in [-0.25, -0.2) is 22.8 Å². The predicted octanol–water partition coefficient (Wildman–Crippen LogP) is 0.775. The van der Waals surface area contributed by atoms with Gasteiger partial charge in [-0.3, -0.25) is 0 Å². The summed E-state index contributed by atoms with van der Waals surface area (Å²) in [4.78, 5) is 3.63. The molecule has 2 aromatic rings. The fraction of sp³-hybridized carbons (Fsp3) is 0.333. The maximum atomic E-state index is 13.8. The molecule has 0 spiro atoms. The molecule has 108 valence electrons. The SMILES string of the molecule is O[C@H](CF)[C@@](O)(Cn1cncn1)c1ccc(F)cc1F. The third kappa shape index (κ3) is 2.66. The zero-order valence-corrected chi connectivity index (χ0v) is 10.2. The fourth-order valence-corrected chi connectivity index (χ4v) is 1.90. The highest BCUT2D eigenvalue weighted by Crippen LogP contribution is 2.30. The molecule has 8 heteroatoms. The normalized spacial score (nSPS) is 15.8. The molecular formula is C12H12F3N3O2. The molecule has 5 nitrogen and oxygen atoms in total. The molecule has 0 radical (unpaired) electrons. The molecule has 2 N–H and O–H groups in total. The van der Waals surface area contributed by atoms with Crippen molar-refractivity contribution in [3.63, 3.8) is 0 Å². The Morgan fingerprint density at radius 1 is 1.35 bits per heavy atom. The molecule has 1 aromatic carbocycles. The molecule has 0 aliphatic heterocycles. The van der Waals surface area contributed by atoms with E-state index in [0.717, 1.165) is 16.8 Å². The van der Waals surface area contributed by atoms with Crippen molar-refractivity contribution in [3.8, 4) is 0 Å². The molecular weight excluding hydrogens is 275 g/mol. The van der Waals surface area contributed by atoms with Crippen LogP contribution < -0.4 is 0 Å². The summed E-state index contributed by atoms with van der Waals surface area (Å²) in [5, 5.41) is 23.8. The second kappa shape index (κ2) is 5.59. The van der Waals surface area contributed by atoms with Crippen molar-refractivity contribution < 1.29 is 23.4 Å².